The Morgan fingerprint density at radius 1 is 1.26 bits per heavy atom. The van der Waals surface area contributed by atoms with E-state index in [0.717, 1.165) is 5.56 Å². The molecule has 6 nitrogen and oxygen atoms in total. The summed E-state index contributed by atoms with van der Waals surface area (Å²) < 4.78 is 57.3. The zero-order valence-electron chi connectivity index (χ0n) is 20.0. The molecular formula is C26H31F2N3O3S. The fourth-order valence-electron chi connectivity index (χ4n) is 6.14. The van der Waals surface area contributed by atoms with Crippen molar-refractivity contribution in [1.29, 1.82) is 0 Å². The highest BCUT2D eigenvalue weighted by Crippen LogP contribution is 2.58. The quantitative estimate of drug-likeness (QED) is 0.616. The summed E-state index contributed by atoms with van der Waals surface area (Å²) in [5.74, 6) is -2.60. The zero-order valence-corrected chi connectivity index (χ0v) is 20.9. The molecule has 1 aromatic heterocycles. The number of halogens is 2. The van der Waals surface area contributed by atoms with Crippen molar-refractivity contribution in [2.24, 2.45) is 23.5 Å². The van der Waals surface area contributed by atoms with Gasteiger partial charge in [0.2, 0.25) is 15.9 Å². The van der Waals surface area contributed by atoms with E-state index >= 15 is 4.39 Å². The number of amides is 1. The third-order valence-corrected chi connectivity index (χ3v) is 10.2. The van der Waals surface area contributed by atoms with E-state index in [0.29, 0.717) is 11.3 Å². The second-order valence-corrected chi connectivity index (χ2v) is 12.0. The second-order valence-electron chi connectivity index (χ2n) is 9.92. The molecule has 0 bridgehead atoms. The first-order valence-electron chi connectivity index (χ1n) is 11.8. The van der Waals surface area contributed by atoms with E-state index in [-0.39, 0.29) is 18.7 Å². The lowest BCUT2D eigenvalue weighted by Crippen LogP contribution is -2.60. The number of sulfonamides is 1. The molecule has 2 fully saturated rings. The molecule has 1 amide bonds. The van der Waals surface area contributed by atoms with Crippen molar-refractivity contribution in [2.75, 3.05) is 0 Å². The van der Waals surface area contributed by atoms with E-state index in [9.17, 15) is 17.6 Å². The van der Waals surface area contributed by atoms with Gasteiger partial charge in [0.05, 0.1) is 5.69 Å². The standard InChI is InChI=1S/C26H31F2N3O3S/c1-4-25(28)15-26(13-23(29)32)24(17(3)31-35(26,33)34)22(16(25)2)11-10-21-9-8-19(14-30-21)18-6-5-7-20(27)12-18/h5-12,14,16-17,22,24,31H,4,13,15H2,1-3H3,(H2,29,32)/b11-10+/t16-,17+,22-,24-,25?,26+/m0/s1. The maximum Gasteiger partial charge on any atom is 0.219 e. The van der Waals surface area contributed by atoms with Crippen LogP contribution in [0.2, 0.25) is 0 Å². The van der Waals surface area contributed by atoms with Crippen LogP contribution in [-0.2, 0) is 14.8 Å². The normalized spacial score (nSPS) is 34.1. The van der Waals surface area contributed by atoms with E-state index < -0.39 is 56.6 Å². The van der Waals surface area contributed by atoms with Crippen LogP contribution in [0, 0.1) is 23.6 Å². The number of nitrogens with two attached hydrogens (primary N) is 1. The van der Waals surface area contributed by atoms with Gasteiger partial charge in [-0.1, -0.05) is 38.1 Å². The molecule has 9 heteroatoms. The Labute approximate surface area is 205 Å². The Balaban J connectivity index is 1.71. The molecule has 2 aromatic rings. The highest BCUT2D eigenvalue weighted by atomic mass is 32.2. The van der Waals surface area contributed by atoms with Gasteiger partial charge in [-0.3, -0.25) is 9.78 Å². The lowest BCUT2D eigenvalue weighted by molar-refractivity contribution is -0.120. The van der Waals surface area contributed by atoms with Gasteiger partial charge < -0.3 is 5.73 Å². The summed E-state index contributed by atoms with van der Waals surface area (Å²) in [4.78, 5) is 16.4. The maximum atomic E-state index is 16.2. The van der Waals surface area contributed by atoms with Gasteiger partial charge in [-0.2, -0.15) is 0 Å². The van der Waals surface area contributed by atoms with Crippen molar-refractivity contribution < 1.29 is 22.0 Å². The summed E-state index contributed by atoms with van der Waals surface area (Å²) in [6.45, 7) is 5.24. The summed E-state index contributed by atoms with van der Waals surface area (Å²) in [7, 11) is -3.98. The summed E-state index contributed by atoms with van der Waals surface area (Å²) in [5, 5.41) is 0. The molecule has 188 valence electrons. The molecule has 0 radical (unpaired) electrons. The molecular weight excluding hydrogens is 472 g/mol. The molecule has 1 saturated carbocycles. The molecule has 1 aromatic carbocycles. The molecule has 2 heterocycles. The minimum absolute atomic E-state index is 0.121. The number of carbonyl (C=O) groups excluding carboxylic acids is 1. The van der Waals surface area contributed by atoms with Crippen LogP contribution in [0.25, 0.3) is 17.2 Å². The topological polar surface area (TPSA) is 102 Å². The third kappa shape index (κ3) is 4.40. The van der Waals surface area contributed by atoms with E-state index in [2.05, 4.69) is 9.71 Å². The summed E-state index contributed by atoms with van der Waals surface area (Å²) in [6.07, 6.45) is 4.63. The predicted molar refractivity (Wildman–Crippen MR) is 132 cm³/mol. The number of primary amides is 1. The number of hydrogen-bond acceptors (Lipinski definition) is 4. The van der Waals surface area contributed by atoms with Crippen LogP contribution in [0.1, 0.15) is 45.7 Å². The smallest absolute Gasteiger partial charge is 0.219 e. The van der Waals surface area contributed by atoms with Crippen LogP contribution < -0.4 is 10.5 Å². The number of nitrogens with zero attached hydrogens (tertiary/aromatic N) is 1. The van der Waals surface area contributed by atoms with Crippen molar-refractivity contribution in [3.63, 3.8) is 0 Å². The van der Waals surface area contributed by atoms with Gasteiger partial charge in [-0.05, 0) is 55.0 Å². The molecule has 1 saturated heterocycles. The van der Waals surface area contributed by atoms with Crippen molar-refractivity contribution >= 4 is 22.0 Å². The molecule has 35 heavy (non-hydrogen) atoms. The second kappa shape index (κ2) is 9.09. The predicted octanol–water partition coefficient (Wildman–Crippen LogP) is 4.23. The first-order chi connectivity index (χ1) is 16.4. The highest BCUT2D eigenvalue weighted by molar-refractivity contribution is 7.91. The number of pyridine rings is 1. The zero-order chi connectivity index (χ0) is 25.6. The summed E-state index contributed by atoms with van der Waals surface area (Å²) >= 11 is 0. The van der Waals surface area contributed by atoms with Crippen molar-refractivity contribution in [3.8, 4) is 11.1 Å². The van der Waals surface area contributed by atoms with Crippen LogP contribution in [0.3, 0.4) is 0 Å². The van der Waals surface area contributed by atoms with Crippen LogP contribution in [0.5, 0.6) is 0 Å². The summed E-state index contributed by atoms with van der Waals surface area (Å²) in [6, 6.07) is 9.32. The van der Waals surface area contributed by atoms with Crippen molar-refractivity contribution in [3.05, 3.63) is 60.2 Å². The lowest BCUT2D eigenvalue weighted by Gasteiger charge is -2.51. The molecule has 1 unspecified atom stereocenters. The Kier molecular flexibility index (Phi) is 6.61. The SMILES string of the molecule is CCC1(F)C[C@]2(CC(N)=O)[C@H]([C@@H](/C=C/c3ccc(-c4cccc(F)c4)cn3)[C@@H]1C)[C@@H](C)NS2(=O)=O. The fraction of sp³-hybridized carbons (Fsp3) is 0.462. The Morgan fingerprint density at radius 3 is 2.60 bits per heavy atom. The number of benzene rings is 1. The van der Waals surface area contributed by atoms with Gasteiger partial charge in [0.15, 0.2) is 0 Å². The molecule has 6 atom stereocenters. The number of allylic oxidation sites excluding steroid dienone is 1. The molecule has 1 aliphatic heterocycles. The van der Waals surface area contributed by atoms with Crippen LogP contribution in [-0.4, -0.2) is 35.8 Å². The third-order valence-electron chi connectivity index (χ3n) is 7.92. The lowest BCUT2D eigenvalue weighted by atomic mass is 9.57. The van der Waals surface area contributed by atoms with Crippen LogP contribution in [0.15, 0.2) is 48.7 Å². The van der Waals surface area contributed by atoms with Gasteiger partial charge in [-0.25, -0.2) is 21.9 Å². The Hall–Kier alpha value is -2.65. The van der Waals surface area contributed by atoms with E-state index in [1.165, 1.54) is 12.1 Å². The monoisotopic (exact) mass is 503 g/mol. The number of rotatable bonds is 6. The molecule has 2 aliphatic rings. The first-order valence-corrected chi connectivity index (χ1v) is 13.3. The molecule has 0 spiro atoms. The van der Waals surface area contributed by atoms with Crippen LogP contribution in [0.4, 0.5) is 8.78 Å². The van der Waals surface area contributed by atoms with Gasteiger partial charge in [-0.15, -0.1) is 0 Å². The van der Waals surface area contributed by atoms with Crippen LogP contribution >= 0.6 is 0 Å². The minimum Gasteiger partial charge on any atom is -0.370 e. The fourth-order valence-corrected chi connectivity index (χ4v) is 8.49. The number of aromatic nitrogens is 1. The number of nitrogens with one attached hydrogen (secondary N) is 1. The first kappa shape index (κ1) is 25.4. The van der Waals surface area contributed by atoms with Gasteiger partial charge >= 0.3 is 0 Å². The maximum absolute atomic E-state index is 16.2. The number of hydrogen-bond donors (Lipinski definition) is 2. The molecule has 1 aliphatic carbocycles. The van der Waals surface area contributed by atoms with Gasteiger partial charge in [0.25, 0.3) is 0 Å². The number of fused-ring (bicyclic) bond motifs is 1. The van der Waals surface area contributed by atoms with Crippen molar-refractivity contribution in [1.82, 2.24) is 9.71 Å². The average molecular weight is 504 g/mol. The van der Waals surface area contributed by atoms with E-state index in [1.54, 1.807) is 51.2 Å². The van der Waals surface area contributed by atoms with E-state index in [4.69, 9.17) is 5.73 Å². The van der Waals surface area contributed by atoms with Gasteiger partial charge in [0.1, 0.15) is 16.2 Å². The number of carbonyl (C=O) groups is 1. The Morgan fingerprint density at radius 2 is 2.00 bits per heavy atom. The van der Waals surface area contributed by atoms with Gasteiger partial charge in [0, 0.05) is 36.6 Å². The largest absolute Gasteiger partial charge is 0.370 e. The highest BCUT2D eigenvalue weighted by Gasteiger charge is 2.68. The van der Waals surface area contributed by atoms with E-state index in [1.807, 2.05) is 12.1 Å². The Bertz CT molecular complexity index is 1250. The van der Waals surface area contributed by atoms with Crippen molar-refractivity contribution in [2.45, 2.75) is 56.5 Å². The average Bonchev–Trinajstić information content (AvgIpc) is 2.98. The molecule has 3 N–H and O–H groups in total. The molecule has 4 rings (SSSR count). The summed E-state index contributed by atoms with van der Waals surface area (Å²) in [5.41, 5.74) is 5.75. The number of alkyl halides is 1. The minimum atomic E-state index is -3.98.